The molecule has 0 aromatic heterocycles. The van der Waals surface area contributed by atoms with Gasteiger partial charge in [-0.25, -0.2) is 0 Å². The second kappa shape index (κ2) is 10.8. The first-order valence-electron chi connectivity index (χ1n) is 11.0. The molecular formula is C25H33N3O3. The quantitative estimate of drug-likeness (QED) is 0.676. The minimum atomic E-state index is -0.0639. The number of carbonyl (C=O) groups excluding carboxylic acids is 2. The number of rotatable bonds is 8. The zero-order valence-corrected chi connectivity index (χ0v) is 18.7. The fraction of sp³-hybridized carbons (Fsp3) is 0.440. The minimum Gasteiger partial charge on any atom is -0.497 e. The second-order valence-electron chi connectivity index (χ2n) is 8.42. The van der Waals surface area contributed by atoms with Crippen LogP contribution in [0.4, 0.5) is 5.69 Å². The van der Waals surface area contributed by atoms with E-state index in [4.69, 9.17) is 4.74 Å². The van der Waals surface area contributed by atoms with E-state index < -0.39 is 0 Å². The molecular weight excluding hydrogens is 390 g/mol. The Bertz CT molecular complexity index is 872. The van der Waals surface area contributed by atoms with Gasteiger partial charge in [0.25, 0.3) is 11.8 Å². The van der Waals surface area contributed by atoms with E-state index in [2.05, 4.69) is 29.4 Å². The highest BCUT2D eigenvalue weighted by molar-refractivity contribution is 5.99. The van der Waals surface area contributed by atoms with Gasteiger partial charge in [-0.1, -0.05) is 26.0 Å². The predicted molar refractivity (Wildman–Crippen MR) is 124 cm³/mol. The molecule has 31 heavy (non-hydrogen) atoms. The molecule has 1 fully saturated rings. The maximum atomic E-state index is 12.7. The largest absolute Gasteiger partial charge is 0.497 e. The molecule has 6 nitrogen and oxygen atoms in total. The molecule has 166 valence electrons. The van der Waals surface area contributed by atoms with E-state index in [1.807, 2.05) is 24.3 Å². The van der Waals surface area contributed by atoms with Gasteiger partial charge in [-0.2, -0.15) is 0 Å². The van der Waals surface area contributed by atoms with Crippen molar-refractivity contribution in [3.05, 3.63) is 59.7 Å². The Kier molecular flexibility index (Phi) is 7.93. The Morgan fingerprint density at radius 2 is 1.71 bits per heavy atom. The van der Waals surface area contributed by atoms with Crippen LogP contribution in [-0.4, -0.2) is 44.6 Å². The van der Waals surface area contributed by atoms with Gasteiger partial charge in [0.15, 0.2) is 0 Å². The molecule has 1 aliphatic heterocycles. The van der Waals surface area contributed by atoms with E-state index in [0.717, 1.165) is 43.8 Å². The molecule has 1 heterocycles. The summed E-state index contributed by atoms with van der Waals surface area (Å²) in [5.41, 5.74) is 2.31. The van der Waals surface area contributed by atoms with Crippen LogP contribution >= 0.6 is 0 Å². The Labute approximate surface area is 185 Å². The summed E-state index contributed by atoms with van der Waals surface area (Å²) in [7, 11) is 1.61. The summed E-state index contributed by atoms with van der Waals surface area (Å²) in [5.74, 6) is 1.21. The standard InChI is InChI=1S/C25H33N3O3/c1-18(2)12-15-26-25(30)22-6-4-5-7-23(22)28-16-13-20(14-17-28)27-24(29)19-8-10-21(31-3)11-9-19/h4-11,18,20H,12-17H2,1-3H3,(H,26,30)(H,27,29). The van der Waals surface area contributed by atoms with Crippen molar-refractivity contribution >= 4 is 17.5 Å². The van der Waals surface area contributed by atoms with Crippen LogP contribution in [0.2, 0.25) is 0 Å². The average Bonchev–Trinajstić information content (AvgIpc) is 2.79. The zero-order chi connectivity index (χ0) is 22.2. The molecule has 0 radical (unpaired) electrons. The fourth-order valence-electron chi connectivity index (χ4n) is 3.79. The summed E-state index contributed by atoms with van der Waals surface area (Å²) >= 11 is 0. The van der Waals surface area contributed by atoms with Gasteiger partial charge in [0.1, 0.15) is 5.75 Å². The molecule has 0 spiro atoms. The van der Waals surface area contributed by atoms with Crippen LogP contribution in [0.1, 0.15) is 53.8 Å². The number of benzene rings is 2. The number of nitrogens with one attached hydrogen (secondary N) is 2. The van der Waals surface area contributed by atoms with Gasteiger partial charge < -0.3 is 20.3 Å². The molecule has 1 aliphatic rings. The maximum Gasteiger partial charge on any atom is 0.253 e. The van der Waals surface area contributed by atoms with Gasteiger partial charge in [0, 0.05) is 36.9 Å². The normalized spacial score (nSPS) is 14.4. The van der Waals surface area contributed by atoms with Crippen LogP contribution in [0.25, 0.3) is 0 Å². The van der Waals surface area contributed by atoms with Crippen molar-refractivity contribution in [2.45, 2.75) is 39.2 Å². The molecule has 2 amide bonds. The zero-order valence-electron chi connectivity index (χ0n) is 18.7. The predicted octanol–water partition coefficient (Wildman–Crippen LogP) is 3.87. The second-order valence-corrected chi connectivity index (χ2v) is 8.42. The molecule has 0 aliphatic carbocycles. The van der Waals surface area contributed by atoms with Gasteiger partial charge in [0.05, 0.1) is 12.7 Å². The lowest BCUT2D eigenvalue weighted by atomic mass is 10.0. The highest BCUT2D eigenvalue weighted by Crippen LogP contribution is 2.24. The topological polar surface area (TPSA) is 70.7 Å². The molecule has 0 unspecified atom stereocenters. The van der Waals surface area contributed by atoms with Crippen LogP contribution in [0.5, 0.6) is 5.75 Å². The van der Waals surface area contributed by atoms with Crippen LogP contribution in [0, 0.1) is 5.92 Å². The molecule has 6 heteroatoms. The van der Waals surface area contributed by atoms with Crippen molar-refractivity contribution in [3.8, 4) is 5.75 Å². The summed E-state index contributed by atoms with van der Waals surface area (Å²) < 4.78 is 5.15. The lowest BCUT2D eigenvalue weighted by Crippen LogP contribution is -2.45. The van der Waals surface area contributed by atoms with E-state index in [0.29, 0.717) is 23.6 Å². The van der Waals surface area contributed by atoms with Gasteiger partial charge in [0.2, 0.25) is 0 Å². The molecule has 2 N–H and O–H groups in total. The number of methoxy groups -OCH3 is 1. The van der Waals surface area contributed by atoms with Crippen molar-refractivity contribution in [1.29, 1.82) is 0 Å². The van der Waals surface area contributed by atoms with E-state index in [1.54, 1.807) is 31.4 Å². The first-order chi connectivity index (χ1) is 15.0. The molecule has 0 saturated carbocycles. The Balaban J connectivity index is 1.55. The number of hydrogen-bond acceptors (Lipinski definition) is 4. The summed E-state index contributed by atoms with van der Waals surface area (Å²) in [4.78, 5) is 27.5. The number of carbonyl (C=O) groups is 2. The Morgan fingerprint density at radius 1 is 1.03 bits per heavy atom. The lowest BCUT2D eigenvalue weighted by molar-refractivity contribution is 0.0929. The number of hydrogen-bond donors (Lipinski definition) is 2. The van der Waals surface area contributed by atoms with Crippen LogP contribution in [-0.2, 0) is 0 Å². The van der Waals surface area contributed by atoms with Crippen molar-refractivity contribution in [2.24, 2.45) is 5.92 Å². The Hall–Kier alpha value is -3.02. The third-order valence-electron chi connectivity index (χ3n) is 5.68. The third-order valence-corrected chi connectivity index (χ3v) is 5.68. The van der Waals surface area contributed by atoms with Gasteiger partial charge >= 0.3 is 0 Å². The average molecular weight is 424 g/mol. The van der Waals surface area contributed by atoms with Crippen LogP contribution in [0.15, 0.2) is 48.5 Å². The van der Waals surface area contributed by atoms with E-state index in [9.17, 15) is 9.59 Å². The maximum absolute atomic E-state index is 12.7. The van der Waals surface area contributed by atoms with Gasteiger partial charge in [-0.05, 0) is 61.6 Å². The summed E-state index contributed by atoms with van der Waals surface area (Å²) in [6.07, 6.45) is 2.64. The number of ether oxygens (including phenoxy) is 1. The highest BCUT2D eigenvalue weighted by atomic mass is 16.5. The van der Waals surface area contributed by atoms with Crippen molar-refractivity contribution in [3.63, 3.8) is 0 Å². The molecule has 3 rings (SSSR count). The number of anilines is 1. The number of para-hydroxylation sites is 1. The molecule has 0 bridgehead atoms. The first kappa shape index (κ1) is 22.7. The van der Waals surface area contributed by atoms with E-state index in [-0.39, 0.29) is 17.9 Å². The summed E-state index contributed by atoms with van der Waals surface area (Å²) in [6.45, 7) is 6.58. The summed E-state index contributed by atoms with van der Waals surface area (Å²) in [6, 6.07) is 15.0. The summed E-state index contributed by atoms with van der Waals surface area (Å²) in [5, 5.41) is 6.17. The minimum absolute atomic E-state index is 0.0221. The van der Waals surface area contributed by atoms with E-state index in [1.165, 1.54) is 0 Å². The number of nitrogens with zero attached hydrogens (tertiary/aromatic N) is 1. The molecule has 0 atom stereocenters. The van der Waals surface area contributed by atoms with Crippen LogP contribution in [0.3, 0.4) is 0 Å². The monoisotopic (exact) mass is 423 g/mol. The van der Waals surface area contributed by atoms with Gasteiger partial charge in [-0.15, -0.1) is 0 Å². The number of piperidine rings is 1. The van der Waals surface area contributed by atoms with Crippen molar-refractivity contribution in [2.75, 3.05) is 31.6 Å². The molecule has 2 aromatic carbocycles. The van der Waals surface area contributed by atoms with Crippen molar-refractivity contribution in [1.82, 2.24) is 10.6 Å². The Morgan fingerprint density at radius 3 is 2.35 bits per heavy atom. The smallest absolute Gasteiger partial charge is 0.253 e. The first-order valence-corrected chi connectivity index (χ1v) is 11.0. The van der Waals surface area contributed by atoms with Gasteiger partial charge in [-0.3, -0.25) is 9.59 Å². The van der Waals surface area contributed by atoms with E-state index >= 15 is 0 Å². The van der Waals surface area contributed by atoms with Crippen LogP contribution < -0.4 is 20.3 Å². The highest BCUT2D eigenvalue weighted by Gasteiger charge is 2.24. The molecule has 2 aromatic rings. The number of amides is 2. The van der Waals surface area contributed by atoms with Crippen molar-refractivity contribution < 1.29 is 14.3 Å². The SMILES string of the molecule is COc1ccc(C(=O)NC2CCN(c3ccccc3C(=O)NCCC(C)C)CC2)cc1. The third kappa shape index (κ3) is 6.23. The fourth-order valence-corrected chi connectivity index (χ4v) is 3.79. The lowest BCUT2D eigenvalue weighted by Gasteiger charge is -2.35. The molecule has 1 saturated heterocycles.